The van der Waals surface area contributed by atoms with Gasteiger partial charge in [0.25, 0.3) is 0 Å². The maximum Gasteiger partial charge on any atom is 0.416 e. The number of aryl methyl sites for hydroxylation is 1. The van der Waals surface area contributed by atoms with Gasteiger partial charge in [-0.2, -0.15) is 13.2 Å². The molecule has 0 bridgehead atoms. The SMILES string of the molecule is CCc1cccc2c([C@@H](CC(=O)N[C@@H](C)c3ccccc3)c3cccc(C(F)(F)F)c3)c[nH]c12. The van der Waals surface area contributed by atoms with E-state index in [1.54, 1.807) is 6.07 Å². The average molecular weight is 465 g/mol. The van der Waals surface area contributed by atoms with Crippen LogP contribution in [0.5, 0.6) is 0 Å². The van der Waals surface area contributed by atoms with Crippen molar-refractivity contribution in [2.75, 3.05) is 0 Å². The van der Waals surface area contributed by atoms with Crippen LogP contribution < -0.4 is 5.32 Å². The third kappa shape index (κ3) is 5.01. The van der Waals surface area contributed by atoms with Gasteiger partial charge in [-0.25, -0.2) is 0 Å². The molecular formula is C28H27F3N2O. The summed E-state index contributed by atoms with van der Waals surface area (Å²) in [6.07, 6.45) is -1.79. The highest BCUT2D eigenvalue weighted by molar-refractivity contribution is 5.88. The van der Waals surface area contributed by atoms with E-state index in [0.29, 0.717) is 5.56 Å². The molecule has 176 valence electrons. The van der Waals surface area contributed by atoms with Crippen molar-refractivity contribution >= 4 is 16.8 Å². The van der Waals surface area contributed by atoms with Gasteiger partial charge in [0.05, 0.1) is 11.6 Å². The molecule has 0 spiro atoms. The Balaban J connectivity index is 1.72. The summed E-state index contributed by atoms with van der Waals surface area (Å²) in [5.74, 6) is -0.758. The zero-order chi connectivity index (χ0) is 24.3. The van der Waals surface area contributed by atoms with Crippen molar-refractivity contribution in [3.05, 3.63) is 107 Å². The Morgan fingerprint density at radius 2 is 1.68 bits per heavy atom. The van der Waals surface area contributed by atoms with E-state index in [-0.39, 0.29) is 18.4 Å². The molecule has 3 nitrogen and oxygen atoms in total. The highest BCUT2D eigenvalue weighted by Gasteiger charge is 2.32. The molecule has 0 aliphatic carbocycles. The van der Waals surface area contributed by atoms with Crippen LogP contribution in [0.4, 0.5) is 13.2 Å². The Kier molecular flexibility index (Phi) is 6.77. The molecule has 0 unspecified atom stereocenters. The summed E-state index contributed by atoms with van der Waals surface area (Å²) in [6, 6.07) is 20.6. The summed E-state index contributed by atoms with van der Waals surface area (Å²) in [5, 5.41) is 3.92. The van der Waals surface area contributed by atoms with Crippen LogP contribution in [0.3, 0.4) is 0 Å². The van der Waals surface area contributed by atoms with Crippen molar-refractivity contribution in [3.8, 4) is 0 Å². The number of aromatic nitrogens is 1. The maximum absolute atomic E-state index is 13.5. The van der Waals surface area contributed by atoms with Crippen LogP contribution in [-0.4, -0.2) is 10.9 Å². The smallest absolute Gasteiger partial charge is 0.361 e. The number of fused-ring (bicyclic) bond motifs is 1. The Morgan fingerprint density at radius 1 is 0.971 bits per heavy atom. The van der Waals surface area contributed by atoms with Gasteiger partial charge in [0.15, 0.2) is 0 Å². The Hall–Kier alpha value is -3.54. The fourth-order valence-electron chi connectivity index (χ4n) is 4.47. The number of hydrogen-bond acceptors (Lipinski definition) is 1. The average Bonchev–Trinajstić information content (AvgIpc) is 3.26. The standard InChI is InChI=1S/C28H27F3N2O/c1-3-19-11-8-14-23-25(17-32-27(19)23)24(21-12-7-13-22(15-21)28(29,30)31)16-26(34)33-18(2)20-9-5-4-6-10-20/h4-15,17-18,24,32H,3,16H2,1-2H3,(H,33,34)/t18-,24-/m0/s1. The number of rotatable bonds is 7. The first kappa shape index (κ1) is 23.6. The minimum Gasteiger partial charge on any atom is -0.361 e. The van der Waals surface area contributed by atoms with Crippen LogP contribution in [-0.2, 0) is 17.4 Å². The first-order valence-corrected chi connectivity index (χ1v) is 11.4. The quantitative estimate of drug-likeness (QED) is 0.300. The summed E-state index contributed by atoms with van der Waals surface area (Å²) in [5.41, 5.74) is 3.59. The van der Waals surface area contributed by atoms with Gasteiger partial charge in [-0.05, 0) is 41.7 Å². The molecule has 0 fully saturated rings. The van der Waals surface area contributed by atoms with Gasteiger partial charge < -0.3 is 10.3 Å². The summed E-state index contributed by atoms with van der Waals surface area (Å²) in [7, 11) is 0. The number of halogens is 3. The predicted octanol–water partition coefficient (Wildman–Crippen LogP) is 7.15. The van der Waals surface area contributed by atoms with Gasteiger partial charge >= 0.3 is 6.18 Å². The molecule has 3 aromatic carbocycles. The first-order valence-electron chi connectivity index (χ1n) is 11.4. The second-order valence-corrected chi connectivity index (χ2v) is 8.52. The number of carbonyl (C=O) groups excluding carboxylic acids is 1. The van der Waals surface area contributed by atoms with Crippen molar-refractivity contribution < 1.29 is 18.0 Å². The molecule has 1 heterocycles. The number of carbonyl (C=O) groups is 1. The molecule has 2 N–H and O–H groups in total. The molecule has 0 aliphatic rings. The third-order valence-electron chi connectivity index (χ3n) is 6.27. The van der Waals surface area contributed by atoms with Gasteiger partial charge in [-0.15, -0.1) is 0 Å². The topological polar surface area (TPSA) is 44.9 Å². The second-order valence-electron chi connectivity index (χ2n) is 8.52. The maximum atomic E-state index is 13.5. The number of alkyl halides is 3. The fourth-order valence-corrected chi connectivity index (χ4v) is 4.47. The highest BCUT2D eigenvalue weighted by Crippen LogP contribution is 2.37. The Labute approximate surface area is 197 Å². The molecular weight excluding hydrogens is 437 g/mol. The molecule has 4 rings (SSSR count). The molecule has 34 heavy (non-hydrogen) atoms. The van der Waals surface area contributed by atoms with E-state index in [4.69, 9.17) is 0 Å². The first-order chi connectivity index (χ1) is 16.3. The largest absolute Gasteiger partial charge is 0.416 e. The van der Waals surface area contributed by atoms with Crippen LogP contribution in [0.25, 0.3) is 10.9 Å². The highest BCUT2D eigenvalue weighted by atomic mass is 19.4. The lowest BCUT2D eigenvalue weighted by molar-refractivity contribution is -0.137. The number of aromatic amines is 1. The zero-order valence-electron chi connectivity index (χ0n) is 19.1. The number of amides is 1. The molecule has 0 saturated heterocycles. The van der Waals surface area contributed by atoms with Crippen molar-refractivity contribution in [2.45, 2.75) is 44.8 Å². The molecule has 6 heteroatoms. The number of H-pyrrole nitrogens is 1. The molecule has 0 saturated carbocycles. The molecule has 2 atom stereocenters. The lowest BCUT2D eigenvalue weighted by Crippen LogP contribution is -2.28. The van der Waals surface area contributed by atoms with E-state index in [0.717, 1.165) is 46.1 Å². The van der Waals surface area contributed by atoms with E-state index in [9.17, 15) is 18.0 Å². The lowest BCUT2D eigenvalue weighted by Gasteiger charge is -2.21. The monoisotopic (exact) mass is 464 g/mol. The Bertz CT molecular complexity index is 1280. The minimum atomic E-state index is -4.46. The molecule has 0 aliphatic heterocycles. The van der Waals surface area contributed by atoms with E-state index in [2.05, 4.69) is 17.2 Å². The summed E-state index contributed by atoms with van der Waals surface area (Å²) in [6.45, 7) is 3.95. The molecule has 4 aromatic rings. The minimum absolute atomic E-state index is 0.0296. The summed E-state index contributed by atoms with van der Waals surface area (Å²) in [4.78, 5) is 16.4. The van der Waals surface area contributed by atoms with Crippen LogP contribution in [0.15, 0.2) is 79.0 Å². The van der Waals surface area contributed by atoms with Crippen LogP contribution in [0.1, 0.15) is 60.0 Å². The molecule has 1 aromatic heterocycles. The fraction of sp³-hybridized carbons (Fsp3) is 0.250. The van der Waals surface area contributed by atoms with Gasteiger partial charge in [-0.1, -0.05) is 73.7 Å². The van der Waals surface area contributed by atoms with Gasteiger partial charge in [0.1, 0.15) is 0 Å². The van der Waals surface area contributed by atoms with E-state index >= 15 is 0 Å². The van der Waals surface area contributed by atoms with Crippen molar-refractivity contribution in [2.24, 2.45) is 0 Å². The van der Waals surface area contributed by atoms with Crippen LogP contribution in [0, 0.1) is 0 Å². The number of benzene rings is 3. The van der Waals surface area contributed by atoms with E-state index < -0.39 is 17.7 Å². The van der Waals surface area contributed by atoms with Crippen molar-refractivity contribution in [3.63, 3.8) is 0 Å². The van der Waals surface area contributed by atoms with Crippen molar-refractivity contribution in [1.29, 1.82) is 0 Å². The van der Waals surface area contributed by atoms with Gasteiger partial charge in [0.2, 0.25) is 5.91 Å². The number of hydrogen-bond donors (Lipinski definition) is 2. The van der Waals surface area contributed by atoms with Gasteiger partial charge in [0, 0.05) is 29.4 Å². The summed E-state index contributed by atoms with van der Waals surface area (Å²) < 4.78 is 40.4. The van der Waals surface area contributed by atoms with Crippen LogP contribution >= 0.6 is 0 Å². The molecule has 0 radical (unpaired) electrons. The second kappa shape index (κ2) is 9.75. The van der Waals surface area contributed by atoms with E-state index in [1.807, 2.05) is 61.7 Å². The number of para-hydroxylation sites is 1. The molecule has 1 amide bonds. The van der Waals surface area contributed by atoms with Crippen molar-refractivity contribution in [1.82, 2.24) is 10.3 Å². The third-order valence-corrected chi connectivity index (χ3v) is 6.27. The number of nitrogens with one attached hydrogen (secondary N) is 2. The van der Waals surface area contributed by atoms with Gasteiger partial charge in [-0.3, -0.25) is 4.79 Å². The normalized spacial score (nSPS) is 13.6. The van der Waals surface area contributed by atoms with E-state index in [1.165, 1.54) is 6.07 Å². The zero-order valence-corrected chi connectivity index (χ0v) is 19.1. The van der Waals surface area contributed by atoms with Crippen LogP contribution in [0.2, 0.25) is 0 Å². The lowest BCUT2D eigenvalue weighted by atomic mass is 9.86. The summed E-state index contributed by atoms with van der Waals surface area (Å²) >= 11 is 0. The Morgan fingerprint density at radius 3 is 2.38 bits per heavy atom. The predicted molar refractivity (Wildman–Crippen MR) is 129 cm³/mol.